The van der Waals surface area contributed by atoms with Crippen LogP contribution in [0.2, 0.25) is 0 Å². The van der Waals surface area contributed by atoms with Gasteiger partial charge >= 0.3 is 0 Å². The molecule has 1 saturated heterocycles. The molecule has 0 aromatic rings. The van der Waals surface area contributed by atoms with Crippen LogP contribution in [0.4, 0.5) is 0 Å². The van der Waals surface area contributed by atoms with Crippen molar-refractivity contribution in [2.24, 2.45) is 11.7 Å². The number of amides is 1. The van der Waals surface area contributed by atoms with Gasteiger partial charge in [0.25, 0.3) is 0 Å². The summed E-state index contributed by atoms with van der Waals surface area (Å²) in [5, 5.41) is 2.95. The number of carbonyl (C=O) groups is 1. The Morgan fingerprint density at radius 1 is 1.50 bits per heavy atom. The van der Waals surface area contributed by atoms with E-state index in [1.165, 1.54) is 0 Å². The van der Waals surface area contributed by atoms with Crippen LogP contribution in [0.1, 0.15) is 39.5 Å². The highest BCUT2D eigenvalue weighted by Gasteiger charge is 2.25. The largest absolute Gasteiger partial charge is 0.381 e. The number of ether oxygens (including phenoxy) is 1. The Labute approximate surface area is 97.9 Å². The number of carbonyl (C=O) groups excluding carboxylic acids is 1. The summed E-state index contributed by atoms with van der Waals surface area (Å²) in [7, 11) is 0. The van der Waals surface area contributed by atoms with Gasteiger partial charge in [-0.15, -0.1) is 0 Å². The van der Waals surface area contributed by atoms with Crippen molar-refractivity contribution in [3.8, 4) is 0 Å². The number of rotatable bonds is 5. The molecule has 4 nitrogen and oxygen atoms in total. The molecular formula is C12H24N2O2. The van der Waals surface area contributed by atoms with E-state index in [0.717, 1.165) is 32.3 Å². The maximum absolute atomic E-state index is 11.8. The van der Waals surface area contributed by atoms with Gasteiger partial charge in [-0.1, -0.05) is 13.8 Å². The van der Waals surface area contributed by atoms with Gasteiger partial charge in [-0.05, 0) is 25.7 Å². The summed E-state index contributed by atoms with van der Waals surface area (Å²) >= 11 is 0. The van der Waals surface area contributed by atoms with Crippen molar-refractivity contribution in [3.05, 3.63) is 0 Å². The van der Waals surface area contributed by atoms with Crippen molar-refractivity contribution in [3.63, 3.8) is 0 Å². The lowest BCUT2D eigenvalue weighted by atomic mass is 9.93. The molecule has 1 aliphatic rings. The number of nitrogens with two attached hydrogens (primary N) is 1. The van der Waals surface area contributed by atoms with Crippen molar-refractivity contribution in [1.82, 2.24) is 5.32 Å². The van der Waals surface area contributed by atoms with Crippen molar-refractivity contribution < 1.29 is 9.53 Å². The van der Waals surface area contributed by atoms with E-state index in [9.17, 15) is 4.79 Å². The van der Waals surface area contributed by atoms with E-state index >= 15 is 0 Å². The lowest BCUT2D eigenvalue weighted by molar-refractivity contribution is -0.129. The molecule has 3 N–H and O–H groups in total. The molecule has 1 atom stereocenters. The smallest absolute Gasteiger partial charge is 0.225 e. The molecule has 1 amide bonds. The lowest BCUT2D eigenvalue weighted by Crippen LogP contribution is -2.50. The van der Waals surface area contributed by atoms with Crippen molar-refractivity contribution >= 4 is 5.91 Å². The lowest BCUT2D eigenvalue weighted by Gasteiger charge is -2.28. The molecule has 4 heteroatoms. The maximum atomic E-state index is 11.8. The summed E-state index contributed by atoms with van der Waals surface area (Å²) in [5.41, 5.74) is 5.87. The van der Waals surface area contributed by atoms with E-state index in [0.29, 0.717) is 13.2 Å². The molecule has 0 aromatic heterocycles. The predicted octanol–water partition coefficient (Wildman–Crippen LogP) is 1.05. The Morgan fingerprint density at radius 3 is 2.69 bits per heavy atom. The standard InChI is InChI=1S/C12H24N2O2/c1-3-12(13,4-2)9-14-11(15)10-6-5-7-16-8-10/h10H,3-9,13H2,1-2H3,(H,14,15). The van der Waals surface area contributed by atoms with Gasteiger partial charge in [0.05, 0.1) is 12.5 Å². The molecule has 0 aromatic carbocycles. The van der Waals surface area contributed by atoms with Gasteiger partial charge in [-0.2, -0.15) is 0 Å². The molecule has 1 fully saturated rings. The van der Waals surface area contributed by atoms with E-state index in [2.05, 4.69) is 19.2 Å². The Kier molecular flexibility index (Phi) is 5.22. The summed E-state index contributed by atoms with van der Waals surface area (Å²) in [5.74, 6) is 0.114. The highest BCUT2D eigenvalue weighted by atomic mass is 16.5. The fourth-order valence-electron chi connectivity index (χ4n) is 1.85. The van der Waals surface area contributed by atoms with E-state index in [-0.39, 0.29) is 17.4 Å². The van der Waals surface area contributed by atoms with Crippen molar-refractivity contribution in [2.45, 2.75) is 45.1 Å². The number of nitrogens with one attached hydrogen (secondary N) is 1. The first-order valence-electron chi connectivity index (χ1n) is 6.25. The van der Waals surface area contributed by atoms with E-state index in [4.69, 9.17) is 10.5 Å². The first-order chi connectivity index (χ1) is 7.61. The number of hydrogen-bond acceptors (Lipinski definition) is 3. The second kappa shape index (κ2) is 6.21. The summed E-state index contributed by atoms with van der Waals surface area (Å²) in [6, 6.07) is 0. The second-order valence-electron chi connectivity index (χ2n) is 4.70. The summed E-state index contributed by atoms with van der Waals surface area (Å²) in [6.45, 7) is 6.02. The summed E-state index contributed by atoms with van der Waals surface area (Å²) < 4.78 is 5.30. The average molecular weight is 228 g/mol. The van der Waals surface area contributed by atoms with Crippen LogP contribution >= 0.6 is 0 Å². The zero-order valence-corrected chi connectivity index (χ0v) is 10.4. The first-order valence-corrected chi connectivity index (χ1v) is 6.25. The molecule has 0 saturated carbocycles. The fraction of sp³-hybridized carbons (Fsp3) is 0.917. The van der Waals surface area contributed by atoms with Crippen LogP contribution in [0.3, 0.4) is 0 Å². The molecule has 1 aliphatic heterocycles. The Bertz CT molecular complexity index is 221. The van der Waals surface area contributed by atoms with E-state index < -0.39 is 0 Å². The Hall–Kier alpha value is -0.610. The van der Waals surface area contributed by atoms with Gasteiger partial charge in [0.15, 0.2) is 0 Å². The quantitative estimate of drug-likeness (QED) is 0.739. The second-order valence-corrected chi connectivity index (χ2v) is 4.70. The Balaban J connectivity index is 2.33. The minimum Gasteiger partial charge on any atom is -0.381 e. The van der Waals surface area contributed by atoms with Gasteiger partial charge in [-0.25, -0.2) is 0 Å². The monoisotopic (exact) mass is 228 g/mol. The Morgan fingerprint density at radius 2 is 2.19 bits per heavy atom. The van der Waals surface area contributed by atoms with Crippen LogP contribution in [0, 0.1) is 5.92 Å². The zero-order valence-electron chi connectivity index (χ0n) is 10.4. The highest BCUT2D eigenvalue weighted by Crippen LogP contribution is 2.14. The minimum absolute atomic E-state index is 0.0201. The normalized spacial score (nSPS) is 21.8. The third-order valence-electron chi connectivity index (χ3n) is 3.55. The van der Waals surface area contributed by atoms with Crippen molar-refractivity contribution in [2.75, 3.05) is 19.8 Å². The van der Waals surface area contributed by atoms with Crippen LogP contribution < -0.4 is 11.1 Å². The fourth-order valence-corrected chi connectivity index (χ4v) is 1.85. The average Bonchev–Trinajstić information content (AvgIpc) is 2.36. The molecular weight excluding hydrogens is 204 g/mol. The SMILES string of the molecule is CCC(N)(CC)CNC(=O)C1CCCOC1. The topological polar surface area (TPSA) is 64.3 Å². The molecule has 0 spiro atoms. The number of hydrogen-bond donors (Lipinski definition) is 2. The van der Waals surface area contributed by atoms with E-state index in [1.807, 2.05) is 0 Å². The minimum atomic E-state index is -0.259. The molecule has 0 radical (unpaired) electrons. The molecule has 0 aliphatic carbocycles. The molecule has 94 valence electrons. The van der Waals surface area contributed by atoms with E-state index in [1.54, 1.807) is 0 Å². The van der Waals surface area contributed by atoms with Crippen LogP contribution in [-0.4, -0.2) is 31.2 Å². The van der Waals surface area contributed by atoms with Gasteiger partial charge < -0.3 is 15.8 Å². The first kappa shape index (κ1) is 13.5. The van der Waals surface area contributed by atoms with Gasteiger partial charge in [-0.3, -0.25) is 4.79 Å². The predicted molar refractivity (Wildman–Crippen MR) is 64.1 cm³/mol. The summed E-state index contributed by atoms with van der Waals surface area (Å²) in [4.78, 5) is 11.8. The van der Waals surface area contributed by atoms with Crippen molar-refractivity contribution in [1.29, 1.82) is 0 Å². The molecule has 1 rings (SSSR count). The molecule has 1 heterocycles. The van der Waals surface area contributed by atoms with Gasteiger partial charge in [0.2, 0.25) is 5.91 Å². The van der Waals surface area contributed by atoms with Gasteiger partial charge in [0, 0.05) is 18.7 Å². The van der Waals surface area contributed by atoms with Gasteiger partial charge in [0.1, 0.15) is 0 Å². The molecule has 1 unspecified atom stereocenters. The van der Waals surface area contributed by atoms with Crippen LogP contribution in [0.25, 0.3) is 0 Å². The van der Waals surface area contributed by atoms with Crippen LogP contribution in [0.15, 0.2) is 0 Å². The zero-order chi connectivity index (χ0) is 12.0. The summed E-state index contributed by atoms with van der Waals surface area (Å²) in [6.07, 6.45) is 3.67. The third-order valence-corrected chi connectivity index (χ3v) is 3.55. The maximum Gasteiger partial charge on any atom is 0.225 e. The highest BCUT2D eigenvalue weighted by molar-refractivity contribution is 5.78. The third kappa shape index (κ3) is 3.76. The van der Waals surface area contributed by atoms with Crippen LogP contribution in [-0.2, 0) is 9.53 Å². The van der Waals surface area contributed by atoms with Crippen LogP contribution in [0.5, 0.6) is 0 Å². The molecule has 0 bridgehead atoms. The molecule has 16 heavy (non-hydrogen) atoms.